The minimum Gasteiger partial charge on any atom is -0.410 e. The highest BCUT2D eigenvalue weighted by Gasteiger charge is 2.31. The quantitative estimate of drug-likeness (QED) is 0.607. The molecule has 0 radical (unpaired) electrons. The lowest BCUT2D eigenvalue weighted by molar-refractivity contribution is -0.305. The second-order valence-electron chi connectivity index (χ2n) is 6.38. The summed E-state index contributed by atoms with van der Waals surface area (Å²) >= 11 is 0. The Morgan fingerprint density at radius 1 is 1.21 bits per heavy atom. The molecule has 150 valence electrons. The summed E-state index contributed by atoms with van der Waals surface area (Å²) in [5.74, 6) is -0.0452. The molecule has 3 rings (SSSR count). The summed E-state index contributed by atoms with van der Waals surface area (Å²) in [6.07, 6.45) is 5.00. The van der Waals surface area contributed by atoms with Gasteiger partial charge in [-0.15, -0.1) is 18.1 Å². The van der Waals surface area contributed by atoms with E-state index in [1.807, 2.05) is 0 Å². The van der Waals surface area contributed by atoms with Crippen LogP contribution in [0.3, 0.4) is 0 Å². The van der Waals surface area contributed by atoms with E-state index in [1.54, 1.807) is 6.08 Å². The van der Waals surface area contributed by atoms with E-state index in [2.05, 4.69) is 30.5 Å². The summed E-state index contributed by atoms with van der Waals surface area (Å²) in [6.45, 7) is 0. The van der Waals surface area contributed by atoms with Gasteiger partial charge in [-0.1, -0.05) is 25.0 Å². The number of nitroso groups, excluding NO2 is 1. The summed E-state index contributed by atoms with van der Waals surface area (Å²) in [5.41, 5.74) is 6.18. The van der Waals surface area contributed by atoms with Crippen LogP contribution in [0.1, 0.15) is 32.1 Å². The molecule has 0 atom stereocenters. The SMILES string of the molecule is Nc1nc(NC2CCCC2)c(NC2=CCC(OC(F)(F)F)=CC=C2)nc1N=O. The number of nitrogen functional groups attached to an aromatic ring is 1. The van der Waals surface area contributed by atoms with Crippen molar-refractivity contribution in [3.05, 3.63) is 40.7 Å². The summed E-state index contributed by atoms with van der Waals surface area (Å²) < 4.78 is 41.1. The molecular formula is C17H19F3N6O2. The maximum atomic E-state index is 12.4. The van der Waals surface area contributed by atoms with Gasteiger partial charge in [0, 0.05) is 18.2 Å². The van der Waals surface area contributed by atoms with E-state index in [0.717, 1.165) is 25.7 Å². The third kappa shape index (κ3) is 5.21. The first-order valence-corrected chi connectivity index (χ1v) is 8.71. The van der Waals surface area contributed by atoms with Crippen molar-refractivity contribution in [3.8, 4) is 0 Å². The smallest absolute Gasteiger partial charge is 0.410 e. The molecule has 0 unspecified atom stereocenters. The average Bonchev–Trinajstić information content (AvgIpc) is 3.03. The number of rotatable bonds is 6. The maximum absolute atomic E-state index is 12.4. The van der Waals surface area contributed by atoms with Crippen LogP contribution in [0.4, 0.5) is 36.4 Å². The molecule has 1 aromatic rings. The van der Waals surface area contributed by atoms with Crippen molar-refractivity contribution < 1.29 is 17.9 Å². The highest BCUT2D eigenvalue weighted by atomic mass is 19.4. The Labute approximate surface area is 158 Å². The van der Waals surface area contributed by atoms with Crippen LogP contribution in [0, 0.1) is 4.91 Å². The number of nitrogens with two attached hydrogens (primary N) is 1. The zero-order valence-electron chi connectivity index (χ0n) is 14.8. The van der Waals surface area contributed by atoms with Crippen molar-refractivity contribution in [2.75, 3.05) is 16.4 Å². The number of alkyl halides is 3. The second-order valence-corrected chi connectivity index (χ2v) is 6.38. The summed E-state index contributed by atoms with van der Waals surface area (Å²) in [6, 6.07) is 0.205. The average molecular weight is 396 g/mol. The Morgan fingerprint density at radius 3 is 2.64 bits per heavy atom. The van der Waals surface area contributed by atoms with Crippen LogP contribution in [0.2, 0.25) is 0 Å². The number of ether oxygens (including phenoxy) is 1. The van der Waals surface area contributed by atoms with Gasteiger partial charge in [-0.25, -0.2) is 9.97 Å². The number of nitrogens with one attached hydrogen (secondary N) is 2. The fourth-order valence-corrected chi connectivity index (χ4v) is 3.02. The summed E-state index contributed by atoms with van der Waals surface area (Å²) in [4.78, 5) is 19.2. The zero-order chi connectivity index (χ0) is 20.1. The molecular weight excluding hydrogens is 377 g/mol. The van der Waals surface area contributed by atoms with Crippen molar-refractivity contribution in [3.63, 3.8) is 0 Å². The number of aromatic nitrogens is 2. The van der Waals surface area contributed by atoms with Gasteiger partial charge in [0.1, 0.15) is 5.76 Å². The van der Waals surface area contributed by atoms with Gasteiger partial charge in [-0.05, 0) is 30.2 Å². The molecule has 1 heterocycles. The van der Waals surface area contributed by atoms with Gasteiger partial charge in [0.15, 0.2) is 17.5 Å². The minimum atomic E-state index is -4.75. The van der Waals surface area contributed by atoms with Gasteiger partial charge in [0.2, 0.25) is 5.82 Å². The number of halogens is 3. The van der Waals surface area contributed by atoms with Crippen LogP contribution in [0.5, 0.6) is 0 Å². The van der Waals surface area contributed by atoms with Gasteiger partial charge in [0.25, 0.3) is 0 Å². The number of hydrogen-bond acceptors (Lipinski definition) is 8. The summed E-state index contributed by atoms with van der Waals surface area (Å²) in [5, 5.41) is 8.97. The van der Waals surface area contributed by atoms with Crippen LogP contribution in [-0.4, -0.2) is 22.4 Å². The standard InChI is InChI=1S/C17H19F3N6O2/c18-17(19,20)28-12-7-3-6-11(8-9-12)23-16-15(22-10-4-1-2-5-10)24-13(21)14(25-16)26-27/h3,6-8,10H,1-2,4-5,9H2,(H,23,25)(H3,21,22,24). The highest BCUT2D eigenvalue weighted by molar-refractivity contribution is 5.70. The lowest BCUT2D eigenvalue weighted by Crippen LogP contribution is -2.18. The van der Waals surface area contributed by atoms with Crippen LogP contribution in [-0.2, 0) is 4.74 Å². The fraction of sp³-hybridized carbons (Fsp3) is 0.412. The van der Waals surface area contributed by atoms with Gasteiger partial charge < -0.3 is 21.1 Å². The van der Waals surface area contributed by atoms with Gasteiger partial charge in [-0.2, -0.15) is 0 Å². The number of allylic oxidation sites excluding steroid dienone is 4. The predicted molar refractivity (Wildman–Crippen MR) is 98.5 cm³/mol. The number of nitrogens with zero attached hydrogens (tertiary/aromatic N) is 3. The molecule has 1 fully saturated rings. The largest absolute Gasteiger partial charge is 0.572 e. The van der Waals surface area contributed by atoms with E-state index in [4.69, 9.17) is 5.73 Å². The molecule has 0 saturated heterocycles. The lowest BCUT2D eigenvalue weighted by atomic mass is 10.2. The predicted octanol–water partition coefficient (Wildman–Crippen LogP) is 4.49. The van der Waals surface area contributed by atoms with Crippen LogP contribution in [0.15, 0.2) is 40.9 Å². The molecule has 0 bridgehead atoms. The normalized spacial score (nSPS) is 17.5. The van der Waals surface area contributed by atoms with E-state index in [1.165, 1.54) is 18.2 Å². The monoisotopic (exact) mass is 396 g/mol. The van der Waals surface area contributed by atoms with Crippen LogP contribution in [0.25, 0.3) is 0 Å². The minimum absolute atomic E-state index is 0.0819. The molecule has 0 aliphatic heterocycles. The number of anilines is 3. The van der Waals surface area contributed by atoms with E-state index in [-0.39, 0.29) is 35.7 Å². The van der Waals surface area contributed by atoms with Crippen molar-refractivity contribution in [2.24, 2.45) is 5.18 Å². The Bertz CT molecular complexity index is 829. The van der Waals surface area contributed by atoms with Crippen LogP contribution < -0.4 is 16.4 Å². The molecule has 11 heteroatoms. The Hall–Kier alpha value is -3.11. The third-order valence-electron chi connectivity index (χ3n) is 4.28. The molecule has 2 aliphatic rings. The Balaban J connectivity index is 1.79. The van der Waals surface area contributed by atoms with Gasteiger partial charge in [0.05, 0.1) is 0 Å². The Morgan fingerprint density at radius 2 is 1.96 bits per heavy atom. The van der Waals surface area contributed by atoms with E-state index in [9.17, 15) is 18.1 Å². The van der Waals surface area contributed by atoms with Crippen molar-refractivity contribution in [1.82, 2.24) is 9.97 Å². The molecule has 8 nitrogen and oxygen atoms in total. The van der Waals surface area contributed by atoms with E-state index < -0.39 is 6.36 Å². The first-order chi connectivity index (χ1) is 13.3. The fourth-order valence-electron chi connectivity index (χ4n) is 3.02. The molecule has 4 N–H and O–H groups in total. The third-order valence-corrected chi connectivity index (χ3v) is 4.28. The molecule has 0 aromatic carbocycles. The van der Waals surface area contributed by atoms with Gasteiger partial charge >= 0.3 is 6.36 Å². The molecule has 2 aliphatic carbocycles. The van der Waals surface area contributed by atoms with Crippen molar-refractivity contribution >= 4 is 23.3 Å². The number of hydrogen-bond donors (Lipinski definition) is 3. The van der Waals surface area contributed by atoms with Crippen molar-refractivity contribution in [2.45, 2.75) is 44.5 Å². The maximum Gasteiger partial charge on any atom is 0.572 e. The molecule has 1 aromatic heterocycles. The highest BCUT2D eigenvalue weighted by Crippen LogP contribution is 2.31. The van der Waals surface area contributed by atoms with E-state index >= 15 is 0 Å². The molecule has 28 heavy (non-hydrogen) atoms. The van der Waals surface area contributed by atoms with Crippen molar-refractivity contribution in [1.29, 1.82) is 0 Å². The first kappa shape index (κ1) is 19.6. The molecule has 1 saturated carbocycles. The first-order valence-electron chi connectivity index (χ1n) is 8.71. The second kappa shape index (κ2) is 8.28. The van der Waals surface area contributed by atoms with E-state index in [0.29, 0.717) is 11.5 Å². The summed E-state index contributed by atoms with van der Waals surface area (Å²) in [7, 11) is 0. The van der Waals surface area contributed by atoms with Gasteiger partial charge in [-0.3, -0.25) is 0 Å². The lowest BCUT2D eigenvalue weighted by Gasteiger charge is -2.17. The Kier molecular flexibility index (Phi) is 5.81. The zero-order valence-corrected chi connectivity index (χ0v) is 14.8. The topological polar surface area (TPSA) is 115 Å². The van der Waals surface area contributed by atoms with Crippen LogP contribution >= 0.6 is 0 Å². The molecule has 0 spiro atoms. The molecule has 0 amide bonds.